The number of ether oxygens (including phenoxy) is 4. The minimum atomic E-state index is 0.528. The van der Waals surface area contributed by atoms with Crippen LogP contribution < -0.4 is 30.2 Å². The van der Waals surface area contributed by atoms with E-state index in [1.165, 1.54) is 0 Å². The number of pyridine rings is 3. The summed E-state index contributed by atoms with van der Waals surface area (Å²) in [5.74, 6) is 9.46. The van der Waals surface area contributed by atoms with Crippen LogP contribution >= 0.6 is 0 Å². The quantitative estimate of drug-likeness (QED) is 0.171. The van der Waals surface area contributed by atoms with Gasteiger partial charge in [0.2, 0.25) is 0 Å². The van der Waals surface area contributed by atoms with Gasteiger partial charge in [0.15, 0.2) is 0 Å². The summed E-state index contributed by atoms with van der Waals surface area (Å²) in [6.07, 6.45) is 8.39. The molecule has 0 aliphatic carbocycles. The molecule has 3 heterocycles. The van der Waals surface area contributed by atoms with Crippen LogP contribution in [0, 0.1) is 6.92 Å². The monoisotopic (exact) mass is 551 g/mol. The molecule has 0 aliphatic heterocycles. The second-order valence-corrected chi connectivity index (χ2v) is 9.55. The van der Waals surface area contributed by atoms with Gasteiger partial charge in [0.05, 0.1) is 34.1 Å². The van der Waals surface area contributed by atoms with Gasteiger partial charge in [-0.3, -0.25) is 9.97 Å². The molecule has 0 spiro atoms. The molecular weight excluding hydrogens is 518 g/mol. The van der Waals surface area contributed by atoms with Gasteiger partial charge in [-0.15, -0.1) is 0 Å². The predicted octanol–water partition coefficient (Wildman–Crippen LogP) is 5.50. The Balaban J connectivity index is 1.80. The highest BCUT2D eigenvalue weighted by molar-refractivity contribution is 5.99. The molecule has 0 aliphatic rings. The van der Waals surface area contributed by atoms with E-state index in [1.54, 1.807) is 40.8 Å². The predicted molar refractivity (Wildman–Crippen MR) is 160 cm³/mol. The molecular formula is C32H33N5O4. The lowest BCUT2D eigenvalue weighted by molar-refractivity contribution is 0.391. The van der Waals surface area contributed by atoms with Gasteiger partial charge in [-0.1, -0.05) is 12.1 Å². The number of nitrogens with one attached hydrogen (secondary N) is 1. The summed E-state index contributed by atoms with van der Waals surface area (Å²) in [5.41, 5.74) is 9.52. The fraction of sp³-hybridized carbons (Fsp3) is 0.219. The van der Waals surface area contributed by atoms with E-state index in [9.17, 15) is 0 Å². The summed E-state index contributed by atoms with van der Waals surface area (Å²) in [6, 6.07) is 13.6. The van der Waals surface area contributed by atoms with Crippen molar-refractivity contribution in [3.05, 3.63) is 95.1 Å². The molecule has 0 saturated heterocycles. The summed E-state index contributed by atoms with van der Waals surface area (Å²) >= 11 is 0. The minimum absolute atomic E-state index is 0.528. The Morgan fingerprint density at radius 2 is 1.39 bits per heavy atom. The lowest BCUT2D eigenvalue weighted by Gasteiger charge is -2.20. The molecule has 0 radical (unpaired) electrons. The molecule has 41 heavy (non-hydrogen) atoms. The number of nitrogens with two attached hydrogens (primary N) is 1. The van der Waals surface area contributed by atoms with Crippen molar-refractivity contribution in [1.29, 1.82) is 0 Å². The molecule has 210 valence electrons. The third-order valence-corrected chi connectivity index (χ3v) is 7.26. The molecule has 3 aromatic heterocycles. The first-order chi connectivity index (χ1) is 20.0. The molecule has 3 N–H and O–H groups in total. The van der Waals surface area contributed by atoms with Gasteiger partial charge < -0.3 is 24.4 Å². The Labute approximate surface area is 239 Å². The molecule has 0 saturated carbocycles. The molecule has 5 rings (SSSR count). The van der Waals surface area contributed by atoms with Crippen LogP contribution in [-0.2, 0) is 12.8 Å². The molecule has 9 heteroatoms. The number of nitrogens with zero attached hydrogens (tertiary/aromatic N) is 3. The zero-order valence-electron chi connectivity index (χ0n) is 23.8. The van der Waals surface area contributed by atoms with Gasteiger partial charge in [0.1, 0.15) is 28.8 Å². The van der Waals surface area contributed by atoms with E-state index in [2.05, 4.69) is 15.4 Å². The normalized spacial score (nSPS) is 10.9. The number of fused-ring (bicyclic) bond motifs is 1. The van der Waals surface area contributed by atoms with Crippen molar-refractivity contribution < 1.29 is 18.9 Å². The van der Waals surface area contributed by atoms with E-state index in [4.69, 9.17) is 29.8 Å². The van der Waals surface area contributed by atoms with Crippen LogP contribution in [0.1, 0.15) is 27.8 Å². The van der Waals surface area contributed by atoms with Crippen LogP contribution in [0.5, 0.6) is 23.0 Å². The fourth-order valence-corrected chi connectivity index (χ4v) is 5.14. The van der Waals surface area contributed by atoms with Crippen LogP contribution in [0.2, 0.25) is 0 Å². The van der Waals surface area contributed by atoms with Gasteiger partial charge >= 0.3 is 0 Å². The second-order valence-electron chi connectivity index (χ2n) is 9.55. The third-order valence-electron chi connectivity index (χ3n) is 7.26. The topological polar surface area (TPSA) is 114 Å². The smallest absolute Gasteiger partial charge is 0.150 e. The largest absolute Gasteiger partial charge is 0.497 e. The average molecular weight is 552 g/mol. The Morgan fingerprint density at radius 1 is 0.732 bits per heavy atom. The van der Waals surface area contributed by atoms with Gasteiger partial charge in [-0.25, -0.2) is 10.8 Å². The number of aryl methyl sites for hydroxylation is 1. The van der Waals surface area contributed by atoms with Gasteiger partial charge in [0.25, 0.3) is 0 Å². The number of benzene rings is 2. The Hall–Kier alpha value is -4.89. The summed E-state index contributed by atoms with van der Waals surface area (Å²) in [7, 11) is 6.59. The number of hydrogen-bond acceptors (Lipinski definition) is 9. The lowest BCUT2D eigenvalue weighted by atomic mass is 9.90. The maximum absolute atomic E-state index is 6.04. The highest BCUT2D eigenvalue weighted by Crippen LogP contribution is 2.39. The maximum Gasteiger partial charge on any atom is 0.150 e. The van der Waals surface area contributed by atoms with Crippen molar-refractivity contribution >= 4 is 16.6 Å². The zero-order valence-corrected chi connectivity index (χ0v) is 23.8. The van der Waals surface area contributed by atoms with Crippen molar-refractivity contribution in [3.63, 3.8) is 0 Å². The Bertz CT molecular complexity index is 1710. The van der Waals surface area contributed by atoms with E-state index < -0.39 is 0 Å². The van der Waals surface area contributed by atoms with E-state index in [1.807, 2.05) is 61.8 Å². The zero-order chi connectivity index (χ0) is 28.9. The first-order valence-corrected chi connectivity index (χ1v) is 13.1. The molecule has 0 fully saturated rings. The maximum atomic E-state index is 6.04. The third kappa shape index (κ3) is 5.44. The average Bonchev–Trinajstić information content (AvgIpc) is 3.01. The second kappa shape index (κ2) is 12.1. The van der Waals surface area contributed by atoms with E-state index >= 15 is 0 Å². The number of hydrogen-bond donors (Lipinski definition) is 2. The van der Waals surface area contributed by atoms with Crippen molar-refractivity contribution in [2.45, 2.75) is 19.8 Å². The molecule has 9 nitrogen and oxygen atoms in total. The number of aromatic nitrogens is 3. The standard InChI is InChI=1S/C32H33N5O4/c1-19-10-11-34-17-26(19)31-25(13-21-7-9-24(39-3)15-29(21)41-5)30-22(16-35-18-27(30)32(36-31)37-33)12-20-6-8-23(38-2)14-28(20)40-4/h6-11,14-18H,12-13,33H2,1-5H3,(H,36,37). The number of methoxy groups -OCH3 is 4. The summed E-state index contributed by atoms with van der Waals surface area (Å²) < 4.78 is 22.4. The first kappa shape index (κ1) is 27.7. The van der Waals surface area contributed by atoms with Crippen LogP contribution in [0.25, 0.3) is 22.0 Å². The van der Waals surface area contributed by atoms with Gasteiger partial charge in [-0.2, -0.15) is 0 Å². The number of nitrogen functional groups attached to an aromatic ring is 1. The molecule has 0 bridgehead atoms. The molecule has 0 unspecified atom stereocenters. The van der Waals surface area contributed by atoms with Crippen molar-refractivity contribution in [1.82, 2.24) is 15.0 Å². The van der Waals surface area contributed by atoms with E-state index in [0.717, 1.165) is 72.8 Å². The number of hydrazine groups is 1. The number of anilines is 1. The van der Waals surface area contributed by atoms with Crippen LogP contribution in [0.3, 0.4) is 0 Å². The fourth-order valence-electron chi connectivity index (χ4n) is 5.14. The molecule has 5 aromatic rings. The van der Waals surface area contributed by atoms with Crippen LogP contribution in [0.4, 0.5) is 5.82 Å². The van der Waals surface area contributed by atoms with E-state index in [0.29, 0.717) is 18.7 Å². The first-order valence-electron chi connectivity index (χ1n) is 13.1. The number of rotatable bonds is 10. The Morgan fingerprint density at radius 3 is 1.98 bits per heavy atom. The van der Waals surface area contributed by atoms with Crippen molar-refractivity contribution in [2.75, 3.05) is 33.9 Å². The van der Waals surface area contributed by atoms with Gasteiger partial charge in [0, 0.05) is 60.7 Å². The van der Waals surface area contributed by atoms with E-state index in [-0.39, 0.29) is 0 Å². The Kier molecular flexibility index (Phi) is 8.16. The van der Waals surface area contributed by atoms with Gasteiger partial charge in [-0.05, 0) is 58.3 Å². The minimum Gasteiger partial charge on any atom is -0.497 e. The van der Waals surface area contributed by atoms with Crippen molar-refractivity contribution in [3.8, 4) is 34.3 Å². The van der Waals surface area contributed by atoms with Crippen molar-refractivity contribution in [2.24, 2.45) is 5.84 Å². The summed E-state index contributed by atoms with van der Waals surface area (Å²) in [5, 5.41) is 1.81. The highest BCUT2D eigenvalue weighted by Gasteiger charge is 2.22. The SMILES string of the molecule is COc1ccc(Cc2cncc3c(NN)nc(-c4cnccc4C)c(Cc4ccc(OC)cc4OC)c23)c(OC)c1. The molecule has 2 aromatic carbocycles. The lowest BCUT2D eigenvalue weighted by Crippen LogP contribution is -2.12. The molecule has 0 atom stereocenters. The summed E-state index contributed by atoms with van der Waals surface area (Å²) in [4.78, 5) is 14.0. The molecule has 0 amide bonds. The summed E-state index contributed by atoms with van der Waals surface area (Å²) in [6.45, 7) is 2.05. The van der Waals surface area contributed by atoms with Crippen LogP contribution in [0.15, 0.2) is 67.3 Å². The highest BCUT2D eigenvalue weighted by atomic mass is 16.5. The van der Waals surface area contributed by atoms with Crippen LogP contribution in [-0.4, -0.2) is 43.4 Å².